The molecule has 2 aromatic carbocycles. The first kappa shape index (κ1) is 41.3. The van der Waals surface area contributed by atoms with Crippen LogP contribution in [-0.4, -0.2) is 31.5 Å². The van der Waals surface area contributed by atoms with Crippen molar-refractivity contribution in [3.63, 3.8) is 0 Å². The van der Waals surface area contributed by atoms with Crippen molar-refractivity contribution < 1.29 is 9.59 Å². The quantitative estimate of drug-likeness (QED) is 0.0857. The van der Waals surface area contributed by atoms with Gasteiger partial charge in [0.2, 0.25) is 6.41 Å². The van der Waals surface area contributed by atoms with Crippen LogP contribution in [0.5, 0.6) is 0 Å². The summed E-state index contributed by atoms with van der Waals surface area (Å²) in [6.07, 6.45) is 15.0. The first-order chi connectivity index (χ1) is 21.3. The van der Waals surface area contributed by atoms with Crippen LogP contribution in [-0.2, 0) is 4.79 Å². The standard InChI is InChI=1S/C16H17NO.C15H28N2.C6H12.C2H5NO/c1-11(2)16(18)14-5-3-12(4-6-14)13-7-9-15(17)10-8-13;1-8-10-13(16-9-2)11-14(15(5,6)7)17-12(3)4;1-2-4-6-5-3-1;1-3-2-4/h3-11H,17H2,1-2H3;10-11,16H,8-9H2,1-7H3;1-6H2;2H,1H3,(H,3,4)/b;13-10-,14-11-;;. The van der Waals surface area contributed by atoms with Gasteiger partial charge in [0.1, 0.15) is 0 Å². The lowest BCUT2D eigenvalue weighted by Crippen LogP contribution is -2.14. The van der Waals surface area contributed by atoms with Gasteiger partial charge in [-0.25, -0.2) is 0 Å². The molecule has 45 heavy (non-hydrogen) atoms. The topological polar surface area (TPSA) is 96.6 Å². The van der Waals surface area contributed by atoms with Gasteiger partial charge in [-0.3, -0.25) is 14.6 Å². The summed E-state index contributed by atoms with van der Waals surface area (Å²) >= 11 is 0. The van der Waals surface area contributed by atoms with E-state index in [0.29, 0.717) is 6.41 Å². The smallest absolute Gasteiger partial charge is 0.206 e. The van der Waals surface area contributed by atoms with Crippen molar-refractivity contribution in [1.29, 1.82) is 0 Å². The van der Waals surface area contributed by atoms with Gasteiger partial charge < -0.3 is 16.4 Å². The van der Waals surface area contributed by atoms with E-state index in [4.69, 9.17) is 10.5 Å². The van der Waals surface area contributed by atoms with E-state index in [1.165, 1.54) is 44.2 Å². The molecule has 4 N–H and O–H groups in total. The number of likely N-dealkylation sites (N-methyl/N-ethyl adjacent to an activating group) is 1. The summed E-state index contributed by atoms with van der Waals surface area (Å²) in [5.74, 6) is 0.214. The van der Waals surface area contributed by atoms with E-state index >= 15 is 0 Å². The van der Waals surface area contributed by atoms with Crippen LogP contribution in [0.4, 0.5) is 5.69 Å². The highest BCUT2D eigenvalue weighted by Gasteiger charge is 2.17. The van der Waals surface area contributed by atoms with Crippen LogP contribution in [0.3, 0.4) is 0 Å². The maximum absolute atomic E-state index is 11.8. The number of rotatable bonds is 9. The first-order valence-corrected chi connectivity index (χ1v) is 16.6. The Balaban J connectivity index is 0.000000661. The summed E-state index contributed by atoms with van der Waals surface area (Å²) in [6, 6.07) is 15.4. The van der Waals surface area contributed by atoms with Gasteiger partial charge >= 0.3 is 0 Å². The molecule has 3 rings (SSSR count). The average molecular weight is 619 g/mol. The fourth-order valence-corrected chi connectivity index (χ4v) is 4.31. The van der Waals surface area contributed by atoms with Crippen molar-refractivity contribution in [1.82, 2.24) is 10.6 Å². The Hall–Kier alpha value is -3.67. The lowest BCUT2D eigenvalue weighted by molar-refractivity contribution is -0.109. The Kier molecular flexibility index (Phi) is 21.7. The predicted octanol–water partition coefficient (Wildman–Crippen LogP) is 9.78. The molecule has 1 saturated carbocycles. The molecule has 0 aromatic heterocycles. The molecule has 1 amide bonds. The van der Waals surface area contributed by atoms with Crippen molar-refractivity contribution in [2.75, 3.05) is 19.3 Å². The number of allylic oxidation sites excluding steroid dienone is 3. The number of hydrogen-bond donors (Lipinski definition) is 3. The molecular formula is C39H62N4O2. The fourth-order valence-electron chi connectivity index (χ4n) is 4.31. The number of ketones is 1. The van der Waals surface area contributed by atoms with E-state index in [1.807, 2.05) is 76.2 Å². The van der Waals surface area contributed by atoms with Crippen LogP contribution in [0.2, 0.25) is 0 Å². The maximum atomic E-state index is 11.8. The summed E-state index contributed by atoms with van der Waals surface area (Å²) in [5, 5.41) is 5.62. The zero-order valence-electron chi connectivity index (χ0n) is 29.9. The highest BCUT2D eigenvalue weighted by Crippen LogP contribution is 2.27. The zero-order valence-corrected chi connectivity index (χ0v) is 29.9. The van der Waals surface area contributed by atoms with Crippen molar-refractivity contribution in [3.05, 3.63) is 77.6 Å². The molecule has 1 aliphatic carbocycles. The number of anilines is 1. The number of hydrogen-bond acceptors (Lipinski definition) is 5. The SMILES string of the molecule is C1CCCCC1.CC(C)C(=O)c1ccc(-c2ccc(N)cc2)cc1.CC/C=C(/C=C(\N=C(C)C)C(C)(C)C)NCC.CNC=O. The van der Waals surface area contributed by atoms with Crippen molar-refractivity contribution in [3.8, 4) is 11.1 Å². The van der Waals surface area contributed by atoms with Crippen LogP contribution < -0.4 is 16.4 Å². The van der Waals surface area contributed by atoms with E-state index in [2.05, 4.69) is 62.4 Å². The zero-order chi connectivity index (χ0) is 34.3. The minimum absolute atomic E-state index is 0.0346. The summed E-state index contributed by atoms with van der Waals surface area (Å²) < 4.78 is 0. The van der Waals surface area contributed by atoms with Crippen LogP contribution in [0, 0.1) is 11.3 Å². The number of amides is 1. The first-order valence-electron chi connectivity index (χ1n) is 16.6. The van der Waals surface area contributed by atoms with Gasteiger partial charge in [-0.1, -0.05) is 123 Å². The molecule has 0 aliphatic heterocycles. The Morgan fingerprint density at radius 2 is 1.33 bits per heavy atom. The number of nitrogens with one attached hydrogen (secondary N) is 2. The summed E-state index contributed by atoms with van der Waals surface area (Å²) in [7, 11) is 1.56. The van der Waals surface area contributed by atoms with E-state index in [-0.39, 0.29) is 17.1 Å². The maximum Gasteiger partial charge on any atom is 0.206 e. The Labute approximate surface area is 275 Å². The minimum atomic E-state index is 0.0346. The molecule has 0 saturated heterocycles. The molecule has 250 valence electrons. The van der Waals surface area contributed by atoms with Crippen LogP contribution in [0.1, 0.15) is 118 Å². The summed E-state index contributed by atoms with van der Waals surface area (Å²) in [6.45, 7) is 19.7. The molecule has 2 aromatic rings. The second-order valence-electron chi connectivity index (χ2n) is 12.7. The molecule has 6 nitrogen and oxygen atoms in total. The van der Waals surface area contributed by atoms with Gasteiger partial charge in [-0.15, -0.1) is 0 Å². The molecule has 0 bridgehead atoms. The Bertz CT molecular complexity index is 1170. The predicted molar refractivity (Wildman–Crippen MR) is 197 cm³/mol. The van der Waals surface area contributed by atoms with Crippen molar-refractivity contribution in [2.45, 2.75) is 107 Å². The highest BCUT2D eigenvalue weighted by molar-refractivity contribution is 5.97. The monoisotopic (exact) mass is 618 g/mol. The van der Waals surface area contributed by atoms with Gasteiger partial charge in [0, 0.05) is 53.3 Å². The molecule has 0 heterocycles. The lowest BCUT2D eigenvalue weighted by Gasteiger charge is -2.20. The fraction of sp³-hybridized carbons (Fsp3) is 0.513. The second kappa shape index (κ2) is 23.7. The van der Waals surface area contributed by atoms with E-state index in [1.54, 1.807) is 7.05 Å². The number of aliphatic imine (C=N–C) groups is 1. The van der Waals surface area contributed by atoms with Crippen LogP contribution in [0.15, 0.2) is 77.1 Å². The highest BCUT2D eigenvalue weighted by atomic mass is 16.1. The summed E-state index contributed by atoms with van der Waals surface area (Å²) in [5.41, 5.74) is 12.8. The number of carbonyl (C=O) groups is 2. The average Bonchev–Trinajstić information content (AvgIpc) is 3.02. The second-order valence-corrected chi connectivity index (χ2v) is 12.7. The normalized spacial score (nSPS) is 13.0. The van der Waals surface area contributed by atoms with Crippen LogP contribution in [0.25, 0.3) is 11.1 Å². The third kappa shape index (κ3) is 19.4. The van der Waals surface area contributed by atoms with Crippen molar-refractivity contribution in [2.24, 2.45) is 16.3 Å². The largest absolute Gasteiger partial charge is 0.399 e. The molecule has 1 fully saturated rings. The van der Waals surface area contributed by atoms with Gasteiger partial charge in [0.05, 0.1) is 0 Å². The molecule has 0 spiro atoms. The Morgan fingerprint density at radius 1 is 0.889 bits per heavy atom. The summed E-state index contributed by atoms with van der Waals surface area (Å²) in [4.78, 5) is 25.5. The number of Topliss-reactive ketones (excluding diaryl/α,β-unsaturated/α-hetero) is 1. The van der Waals surface area contributed by atoms with E-state index in [9.17, 15) is 4.79 Å². The molecular weight excluding hydrogens is 556 g/mol. The van der Waals surface area contributed by atoms with Gasteiger partial charge in [-0.2, -0.15) is 0 Å². The molecule has 0 unspecified atom stereocenters. The minimum Gasteiger partial charge on any atom is -0.399 e. The third-order valence-corrected chi connectivity index (χ3v) is 6.77. The number of nitrogens with zero attached hydrogens (tertiary/aromatic N) is 1. The number of nitrogens with two attached hydrogens (primary N) is 1. The van der Waals surface area contributed by atoms with Crippen LogP contribution >= 0.6 is 0 Å². The molecule has 1 aliphatic rings. The van der Waals surface area contributed by atoms with E-state index in [0.717, 1.165) is 46.8 Å². The third-order valence-electron chi connectivity index (χ3n) is 6.77. The van der Waals surface area contributed by atoms with E-state index < -0.39 is 0 Å². The number of nitrogen functional groups attached to an aromatic ring is 1. The molecule has 0 radical (unpaired) electrons. The Morgan fingerprint density at radius 3 is 1.67 bits per heavy atom. The lowest BCUT2D eigenvalue weighted by atomic mass is 9.91. The van der Waals surface area contributed by atoms with Crippen molar-refractivity contribution >= 4 is 23.6 Å². The van der Waals surface area contributed by atoms with Gasteiger partial charge in [-0.05, 0) is 56.5 Å². The number of benzene rings is 2. The van der Waals surface area contributed by atoms with Gasteiger partial charge in [0.25, 0.3) is 0 Å². The number of carbonyl (C=O) groups excluding carboxylic acids is 2. The van der Waals surface area contributed by atoms with Gasteiger partial charge in [0.15, 0.2) is 5.78 Å². The molecule has 0 atom stereocenters. The molecule has 6 heteroatoms.